The van der Waals surface area contributed by atoms with E-state index in [9.17, 15) is 18.0 Å². The largest absolute Gasteiger partial charge is 0.350 e. The summed E-state index contributed by atoms with van der Waals surface area (Å²) in [5.41, 5.74) is 0.402. The molecule has 1 N–H and O–H groups in total. The maximum atomic E-state index is 12.0. The van der Waals surface area contributed by atoms with E-state index in [0.29, 0.717) is 25.1 Å². The summed E-state index contributed by atoms with van der Waals surface area (Å²) in [6.45, 7) is 1.64. The molecule has 1 heterocycles. The Kier molecular flexibility index (Phi) is 5.76. The van der Waals surface area contributed by atoms with Crippen LogP contribution in [-0.4, -0.2) is 51.0 Å². The van der Waals surface area contributed by atoms with Crippen molar-refractivity contribution in [2.24, 2.45) is 0 Å². The molecule has 0 aliphatic carbocycles. The van der Waals surface area contributed by atoms with Gasteiger partial charge in [-0.25, -0.2) is 8.42 Å². The number of hydrogen-bond acceptors (Lipinski definition) is 4. The quantitative estimate of drug-likeness (QED) is 0.875. The third-order valence-electron chi connectivity index (χ3n) is 3.88. The van der Waals surface area contributed by atoms with Crippen LogP contribution in [0.2, 0.25) is 0 Å². The monoisotopic (exact) mass is 338 g/mol. The number of sulfone groups is 1. The molecule has 0 bridgehead atoms. The van der Waals surface area contributed by atoms with Crippen LogP contribution in [0.5, 0.6) is 0 Å². The summed E-state index contributed by atoms with van der Waals surface area (Å²) >= 11 is 0. The van der Waals surface area contributed by atoms with E-state index in [1.54, 1.807) is 4.90 Å². The van der Waals surface area contributed by atoms with Crippen molar-refractivity contribution in [3.05, 3.63) is 29.8 Å². The van der Waals surface area contributed by atoms with Gasteiger partial charge in [-0.15, -0.1) is 0 Å². The maximum Gasteiger partial charge on any atom is 0.251 e. The number of nitrogens with zero attached hydrogens (tertiary/aromatic N) is 1. The highest BCUT2D eigenvalue weighted by molar-refractivity contribution is 7.90. The molecule has 1 aliphatic heterocycles. The molecular formula is C16H22N2O4S. The first-order chi connectivity index (χ1) is 10.9. The smallest absolute Gasteiger partial charge is 0.251 e. The average Bonchev–Trinajstić information content (AvgIpc) is 2.71. The van der Waals surface area contributed by atoms with Crippen molar-refractivity contribution >= 4 is 21.7 Å². The summed E-state index contributed by atoms with van der Waals surface area (Å²) < 4.78 is 22.8. The van der Waals surface area contributed by atoms with E-state index in [4.69, 9.17) is 0 Å². The lowest BCUT2D eigenvalue weighted by Crippen LogP contribution is -2.38. The number of carbonyl (C=O) groups excluding carboxylic acids is 2. The van der Waals surface area contributed by atoms with E-state index < -0.39 is 9.84 Å². The first kappa shape index (κ1) is 17.5. The van der Waals surface area contributed by atoms with Crippen LogP contribution in [0.15, 0.2) is 29.2 Å². The summed E-state index contributed by atoms with van der Waals surface area (Å²) in [5, 5.41) is 2.76. The minimum atomic E-state index is -3.26. The van der Waals surface area contributed by atoms with Crippen LogP contribution in [0.1, 0.15) is 36.0 Å². The zero-order valence-electron chi connectivity index (χ0n) is 13.2. The first-order valence-corrected chi connectivity index (χ1v) is 9.63. The van der Waals surface area contributed by atoms with Crippen LogP contribution in [-0.2, 0) is 14.6 Å². The van der Waals surface area contributed by atoms with Gasteiger partial charge < -0.3 is 10.2 Å². The highest BCUT2D eigenvalue weighted by atomic mass is 32.2. The number of hydrogen-bond donors (Lipinski definition) is 1. The molecule has 1 aliphatic rings. The molecule has 0 atom stereocenters. The lowest BCUT2D eigenvalue weighted by atomic mass is 10.2. The minimum absolute atomic E-state index is 0.147. The van der Waals surface area contributed by atoms with E-state index in [-0.39, 0.29) is 16.7 Å². The van der Waals surface area contributed by atoms with Crippen LogP contribution in [0.25, 0.3) is 0 Å². The molecule has 23 heavy (non-hydrogen) atoms. The van der Waals surface area contributed by atoms with E-state index >= 15 is 0 Å². The number of likely N-dealkylation sites (tertiary alicyclic amines) is 1. The lowest BCUT2D eigenvalue weighted by Gasteiger charge is -2.20. The van der Waals surface area contributed by atoms with Crippen molar-refractivity contribution < 1.29 is 18.0 Å². The Morgan fingerprint density at radius 2 is 1.87 bits per heavy atom. The molecule has 1 saturated heterocycles. The van der Waals surface area contributed by atoms with E-state index in [2.05, 4.69) is 5.32 Å². The second-order valence-electron chi connectivity index (χ2n) is 5.74. The fraction of sp³-hybridized carbons (Fsp3) is 0.500. The molecule has 1 aromatic rings. The third kappa shape index (κ3) is 5.06. The molecule has 2 amide bonds. The Hall–Kier alpha value is -1.89. The molecule has 7 heteroatoms. The number of nitrogens with one attached hydrogen (secondary N) is 1. The maximum absolute atomic E-state index is 12.0. The van der Waals surface area contributed by atoms with Crippen molar-refractivity contribution in [3.63, 3.8) is 0 Å². The molecule has 0 spiro atoms. The standard InChI is InChI=1S/C16H22N2O4S/c1-23(21,22)14-8-6-13(7-9-14)16(20)17-10-12-18-11-4-2-3-5-15(18)19/h6-9H,2-5,10-12H2,1H3,(H,17,20). The fourth-order valence-electron chi connectivity index (χ4n) is 2.53. The Labute approximate surface area is 136 Å². The van der Waals surface area contributed by atoms with Crippen LogP contribution in [0.3, 0.4) is 0 Å². The van der Waals surface area contributed by atoms with Gasteiger partial charge in [-0.1, -0.05) is 6.42 Å². The van der Waals surface area contributed by atoms with Gasteiger partial charge in [0.1, 0.15) is 0 Å². The summed E-state index contributed by atoms with van der Waals surface area (Å²) in [4.78, 5) is 25.9. The normalized spacial score (nSPS) is 16.0. The molecule has 2 rings (SSSR count). The summed E-state index contributed by atoms with van der Waals surface area (Å²) in [6, 6.07) is 5.82. The number of amides is 2. The van der Waals surface area contributed by atoms with Crippen LogP contribution in [0, 0.1) is 0 Å². The van der Waals surface area contributed by atoms with Gasteiger partial charge in [0.25, 0.3) is 5.91 Å². The molecule has 0 aromatic heterocycles. The zero-order valence-corrected chi connectivity index (χ0v) is 14.1. The topological polar surface area (TPSA) is 83.6 Å². The Balaban J connectivity index is 1.86. The molecule has 0 saturated carbocycles. The third-order valence-corrected chi connectivity index (χ3v) is 5.01. The Morgan fingerprint density at radius 3 is 2.52 bits per heavy atom. The van der Waals surface area contributed by atoms with E-state index in [1.807, 2.05) is 0 Å². The minimum Gasteiger partial charge on any atom is -0.350 e. The SMILES string of the molecule is CS(=O)(=O)c1ccc(C(=O)NCCN2CCCCCC2=O)cc1. The van der Waals surface area contributed by atoms with Crippen molar-refractivity contribution in [2.45, 2.75) is 30.6 Å². The van der Waals surface area contributed by atoms with Crippen LogP contribution >= 0.6 is 0 Å². The second kappa shape index (κ2) is 7.59. The van der Waals surface area contributed by atoms with Gasteiger partial charge in [-0.2, -0.15) is 0 Å². The second-order valence-corrected chi connectivity index (χ2v) is 7.76. The van der Waals surface area contributed by atoms with Gasteiger partial charge in [-0.3, -0.25) is 9.59 Å². The van der Waals surface area contributed by atoms with Gasteiger partial charge in [0.15, 0.2) is 9.84 Å². The summed E-state index contributed by atoms with van der Waals surface area (Å²) in [6.07, 6.45) is 4.73. The van der Waals surface area contributed by atoms with E-state index in [1.165, 1.54) is 24.3 Å². The van der Waals surface area contributed by atoms with Gasteiger partial charge >= 0.3 is 0 Å². The summed E-state index contributed by atoms with van der Waals surface area (Å²) in [7, 11) is -3.26. The fourth-order valence-corrected chi connectivity index (χ4v) is 3.17. The Bertz CT molecular complexity index is 668. The number of benzene rings is 1. The zero-order chi connectivity index (χ0) is 16.9. The van der Waals surface area contributed by atoms with Gasteiger partial charge in [-0.05, 0) is 37.1 Å². The van der Waals surface area contributed by atoms with Crippen molar-refractivity contribution in [3.8, 4) is 0 Å². The number of carbonyl (C=O) groups is 2. The lowest BCUT2D eigenvalue weighted by molar-refractivity contribution is -0.130. The molecule has 6 nitrogen and oxygen atoms in total. The van der Waals surface area contributed by atoms with Gasteiger partial charge in [0, 0.05) is 37.9 Å². The van der Waals surface area contributed by atoms with Gasteiger partial charge in [0.05, 0.1) is 4.90 Å². The average molecular weight is 338 g/mol. The molecule has 126 valence electrons. The van der Waals surface area contributed by atoms with Crippen molar-refractivity contribution in [1.29, 1.82) is 0 Å². The van der Waals surface area contributed by atoms with E-state index in [0.717, 1.165) is 32.1 Å². The van der Waals surface area contributed by atoms with Crippen LogP contribution in [0.4, 0.5) is 0 Å². The molecular weight excluding hydrogens is 316 g/mol. The molecule has 1 fully saturated rings. The highest BCUT2D eigenvalue weighted by Gasteiger charge is 2.16. The Morgan fingerprint density at radius 1 is 1.17 bits per heavy atom. The highest BCUT2D eigenvalue weighted by Crippen LogP contribution is 2.11. The molecule has 1 aromatic carbocycles. The van der Waals surface area contributed by atoms with Gasteiger partial charge in [0.2, 0.25) is 5.91 Å². The van der Waals surface area contributed by atoms with Crippen molar-refractivity contribution in [1.82, 2.24) is 10.2 Å². The molecule has 0 radical (unpaired) electrons. The predicted octanol–water partition coefficient (Wildman–Crippen LogP) is 1.22. The first-order valence-electron chi connectivity index (χ1n) is 7.74. The predicted molar refractivity (Wildman–Crippen MR) is 86.9 cm³/mol. The number of rotatable bonds is 5. The van der Waals surface area contributed by atoms with Crippen LogP contribution < -0.4 is 5.32 Å². The summed E-state index contributed by atoms with van der Waals surface area (Å²) in [5.74, 6) is -0.124. The van der Waals surface area contributed by atoms with Crippen molar-refractivity contribution in [2.75, 3.05) is 25.9 Å². The molecule has 0 unspecified atom stereocenters.